The van der Waals surface area contributed by atoms with E-state index < -0.39 is 0 Å². The Morgan fingerprint density at radius 1 is 0.771 bits per heavy atom. The van der Waals surface area contributed by atoms with Crippen molar-refractivity contribution < 1.29 is 14.3 Å². The van der Waals surface area contributed by atoms with Crippen molar-refractivity contribution in [3.8, 4) is 17.2 Å². The number of Topliss-reactive ketones (excluding diaryl/α,β-unsaturated/α-hetero) is 1. The maximum Gasteiger partial charge on any atom is 0.159 e. The number of benzene rings is 4. The largest absolute Gasteiger partial charge is 0.492 e. The predicted octanol–water partition coefficient (Wildman–Crippen LogP) is 6.78. The van der Waals surface area contributed by atoms with Crippen LogP contribution in [-0.2, 0) is 13.0 Å². The first-order chi connectivity index (χ1) is 17.1. The number of hydrogen-bond donors (Lipinski definition) is 0. The second-order valence-corrected chi connectivity index (χ2v) is 8.69. The number of carbonyl (C=O) groups excluding carboxylic acids is 1. The van der Waals surface area contributed by atoms with Gasteiger partial charge in [-0.15, -0.1) is 0 Å². The lowest BCUT2D eigenvalue weighted by Crippen LogP contribution is -2.24. The van der Waals surface area contributed by atoms with E-state index in [4.69, 9.17) is 9.47 Å². The topological polar surface area (TPSA) is 38.8 Å². The molecule has 4 heteroatoms. The molecule has 0 amide bonds. The summed E-state index contributed by atoms with van der Waals surface area (Å²) >= 11 is 0. The molecular formula is C31H31NO3. The van der Waals surface area contributed by atoms with E-state index in [-0.39, 0.29) is 5.78 Å². The van der Waals surface area contributed by atoms with Crippen LogP contribution >= 0.6 is 0 Å². The highest BCUT2D eigenvalue weighted by Crippen LogP contribution is 2.27. The van der Waals surface area contributed by atoms with Gasteiger partial charge in [-0.3, -0.25) is 9.69 Å². The predicted molar refractivity (Wildman–Crippen MR) is 140 cm³/mol. The molecule has 0 radical (unpaired) electrons. The monoisotopic (exact) mass is 465 g/mol. The smallest absolute Gasteiger partial charge is 0.159 e. The van der Waals surface area contributed by atoms with Crippen LogP contribution in [0.2, 0.25) is 0 Å². The summed E-state index contributed by atoms with van der Waals surface area (Å²) in [5.41, 5.74) is 4.29. The van der Waals surface area contributed by atoms with Gasteiger partial charge in [0.1, 0.15) is 23.9 Å². The molecule has 35 heavy (non-hydrogen) atoms. The van der Waals surface area contributed by atoms with Gasteiger partial charge in [0.15, 0.2) is 5.78 Å². The third kappa shape index (κ3) is 7.29. The van der Waals surface area contributed by atoms with Gasteiger partial charge in [-0.05, 0) is 61.9 Å². The van der Waals surface area contributed by atoms with Gasteiger partial charge >= 0.3 is 0 Å². The van der Waals surface area contributed by atoms with Crippen molar-refractivity contribution in [2.24, 2.45) is 0 Å². The van der Waals surface area contributed by atoms with Crippen LogP contribution < -0.4 is 9.47 Å². The summed E-state index contributed by atoms with van der Waals surface area (Å²) in [5.74, 6) is 2.35. The molecule has 0 fully saturated rings. The standard InChI is InChI=1S/C31H31NO3/c1-24(33)27-12-8-13-30(22-27)35-31-14-7-6-11-28(31)23-32(2)19-20-34-29-17-15-26(16-18-29)21-25-9-4-3-5-10-25/h3-18,22H,19-21,23H2,1-2H3. The second kappa shape index (κ2) is 12.0. The van der Waals surface area contributed by atoms with E-state index in [1.165, 1.54) is 11.1 Å². The van der Waals surface area contributed by atoms with Gasteiger partial charge in [-0.2, -0.15) is 0 Å². The van der Waals surface area contributed by atoms with E-state index >= 15 is 0 Å². The molecule has 0 aliphatic rings. The zero-order valence-electron chi connectivity index (χ0n) is 20.3. The Hall–Kier alpha value is -3.89. The van der Waals surface area contributed by atoms with Gasteiger partial charge in [0.2, 0.25) is 0 Å². The highest BCUT2D eigenvalue weighted by atomic mass is 16.5. The van der Waals surface area contributed by atoms with Crippen LogP contribution in [0.4, 0.5) is 0 Å². The lowest BCUT2D eigenvalue weighted by atomic mass is 10.1. The quantitative estimate of drug-likeness (QED) is 0.229. The number of ketones is 1. The first kappa shape index (κ1) is 24.2. The SMILES string of the molecule is CC(=O)c1cccc(Oc2ccccc2CN(C)CCOc2ccc(Cc3ccccc3)cc2)c1. The van der Waals surface area contributed by atoms with Gasteiger partial charge in [0.05, 0.1) is 0 Å². The van der Waals surface area contributed by atoms with Gasteiger partial charge in [0.25, 0.3) is 0 Å². The number of nitrogens with zero attached hydrogens (tertiary/aromatic N) is 1. The Balaban J connectivity index is 1.28. The number of rotatable bonds is 11. The van der Waals surface area contributed by atoms with Crippen molar-refractivity contribution >= 4 is 5.78 Å². The van der Waals surface area contributed by atoms with E-state index in [0.29, 0.717) is 17.9 Å². The molecular weight excluding hydrogens is 434 g/mol. The minimum Gasteiger partial charge on any atom is -0.492 e. The van der Waals surface area contributed by atoms with Crippen molar-refractivity contribution in [3.05, 3.63) is 125 Å². The number of para-hydroxylation sites is 1. The molecule has 0 N–H and O–H groups in total. The van der Waals surface area contributed by atoms with E-state index in [9.17, 15) is 4.79 Å². The molecule has 0 spiro atoms. The normalized spacial score (nSPS) is 10.8. The van der Waals surface area contributed by atoms with Crippen LogP contribution in [0.1, 0.15) is 34.0 Å². The summed E-state index contributed by atoms with van der Waals surface area (Å²) in [6, 6.07) is 34.1. The third-order valence-corrected chi connectivity index (χ3v) is 5.80. The zero-order valence-corrected chi connectivity index (χ0v) is 20.3. The molecule has 4 rings (SSSR count). The zero-order chi connectivity index (χ0) is 24.5. The van der Waals surface area contributed by atoms with Crippen molar-refractivity contribution in [1.29, 1.82) is 0 Å². The molecule has 0 unspecified atom stereocenters. The van der Waals surface area contributed by atoms with E-state index in [1.54, 1.807) is 19.1 Å². The summed E-state index contributed by atoms with van der Waals surface area (Å²) < 4.78 is 12.1. The summed E-state index contributed by atoms with van der Waals surface area (Å²) in [5, 5.41) is 0. The average molecular weight is 466 g/mol. The molecule has 4 aromatic rings. The summed E-state index contributed by atoms with van der Waals surface area (Å²) in [7, 11) is 2.07. The second-order valence-electron chi connectivity index (χ2n) is 8.69. The van der Waals surface area contributed by atoms with Gasteiger partial charge < -0.3 is 9.47 Å². The fraction of sp³-hybridized carbons (Fsp3) is 0.194. The minimum absolute atomic E-state index is 0.0225. The van der Waals surface area contributed by atoms with Crippen molar-refractivity contribution in [1.82, 2.24) is 4.90 Å². The minimum atomic E-state index is 0.0225. The van der Waals surface area contributed by atoms with Gasteiger partial charge in [0, 0.05) is 24.2 Å². The maximum atomic E-state index is 11.7. The summed E-state index contributed by atoms with van der Waals surface area (Å²) in [6.07, 6.45) is 0.921. The summed E-state index contributed by atoms with van der Waals surface area (Å²) in [6.45, 7) is 3.66. The Morgan fingerprint density at radius 2 is 1.49 bits per heavy atom. The molecule has 0 saturated carbocycles. The van der Waals surface area contributed by atoms with Crippen LogP contribution in [0.15, 0.2) is 103 Å². The van der Waals surface area contributed by atoms with Crippen molar-refractivity contribution in [3.63, 3.8) is 0 Å². The molecule has 4 aromatic carbocycles. The lowest BCUT2D eigenvalue weighted by molar-refractivity contribution is 0.101. The third-order valence-electron chi connectivity index (χ3n) is 5.80. The van der Waals surface area contributed by atoms with Crippen LogP contribution in [0.25, 0.3) is 0 Å². The molecule has 0 heterocycles. The number of carbonyl (C=O) groups is 1. The fourth-order valence-electron chi connectivity index (χ4n) is 3.86. The first-order valence-electron chi connectivity index (χ1n) is 11.9. The fourth-order valence-corrected chi connectivity index (χ4v) is 3.86. The molecule has 0 aliphatic carbocycles. The Kier molecular flexibility index (Phi) is 8.31. The van der Waals surface area contributed by atoms with Crippen LogP contribution in [-0.4, -0.2) is 30.9 Å². The molecule has 178 valence electrons. The molecule has 4 nitrogen and oxygen atoms in total. The summed E-state index contributed by atoms with van der Waals surface area (Å²) in [4.78, 5) is 13.9. The highest BCUT2D eigenvalue weighted by Gasteiger charge is 2.09. The van der Waals surface area contributed by atoms with Crippen molar-refractivity contribution in [2.45, 2.75) is 19.9 Å². The Bertz CT molecular complexity index is 1240. The van der Waals surface area contributed by atoms with Crippen molar-refractivity contribution in [2.75, 3.05) is 20.2 Å². The number of ether oxygens (including phenoxy) is 2. The molecule has 0 saturated heterocycles. The Labute approximate surface area is 207 Å². The number of hydrogen-bond acceptors (Lipinski definition) is 4. The van der Waals surface area contributed by atoms with Crippen LogP contribution in [0, 0.1) is 0 Å². The molecule has 0 atom stereocenters. The number of likely N-dealkylation sites (N-methyl/N-ethyl adjacent to an activating group) is 1. The van der Waals surface area contributed by atoms with Gasteiger partial charge in [-0.1, -0.05) is 72.8 Å². The molecule has 0 aromatic heterocycles. The maximum absolute atomic E-state index is 11.7. The molecule has 0 bridgehead atoms. The average Bonchev–Trinajstić information content (AvgIpc) is 2.87. The first-order valence-corrected chi connectivity index (χ1v) is 11.9. The Morgan fingerprint density at radius 3 is 2.26 bits per heavy atom. The van der Waals surface area contributed by atoms with E-state index in [1.807, 2.05) is 48.5 Å². The molecule has 0 aliphatic heterocycles. The van der Waals surface area contributed by atoms with Gasteiger partial charge in [-0.25, -0.2) is 0 Å². The van der Waals surface area contributed by atoms with E-state index in [0.717, 1.165) is 36.6 Å². The van der Waals surface area contributed by atoms with E-state index in [2.05, 4.69) is 54.4 Å². The van der Waals surface area contributed by atoms with Crippen LogP contribution in [0.5, 0.6) is 17.2 Å². The van der Waals surface area contributed by atoms with Crippen LogP contribution in [0.3, 0.4) is 0 Å². The lowest BCUT2D eigenvalue weighted by Gasteiger charge is -2.19. The highest BCUT2D eigenvalue weighted by molar-refractivity contribution is 5.94.